The predicted octanol–water partition coefficient (Wildman–Crippen LogP) is -0.846. The predicted molar refractivity (Wildman–Crippen MR) is 42.5 cm³/mol. The van der Waals surface area contributed by atoms with Crippen LogP contribution in [0.15, 0.2) is 4.79 Å². The number of fused-ring (bicyclic) bond motifs is 1. The number of hydrogen-bond acceptors (Lipinski definition) is 3. The van der Waals surface area contributed by atoms with Crippen molar-refractivity contribution in [3.63, 3.8) is 0 Å². The Hall–Kier alpha value is -1.59. The number of carboxylic acids is 1. The van der Waals surface area contributed by atoms with Crippen LogP contribution >= 0.6 is 0 Å². The molecule has 0 spiro atoms. The Kier molecular flexibility index (Phi) is 1.51. The van der Waals surface area contributed by atoms with E-state index in [0.29, 0.717) is 18.7 Å². The monoisotopic (exact) mass is 183 g/mol. The van der Waals surface area contributed by atoms with Gasteiger partial charge in [0.1, 0.15) is 11.9 Å². The fourth-order valence-electron chi connectivity index (χ4n) is 1.64. The smallest absolute Gasteiger partial charge is 0.346 e. The summed E-state index contributed by atoms with van der Waals surface area (Å²) in [4.78, 5) is 22.1. The third kappa shape index (κ3) is 0.980. The van der Waals surface area contributed by atoms with Gasteiger partial charge in [-0.3, -0.25) is 4.57 Å². The molecule has 2 rings (SSSR count). The van der Waals surface area contributed by atoms with Crippen molar-refractivity contribution in [2.45, 2.75) is 18.9 Å². The molecule has 0 saturated heterocycles. The Bertz CT molecular complexity index is 417. The molecule has 0 amide bonds. The lowest BCUT2D eigenvalue weighted by atomic mass is 10.2. The SMILES string of the molecule is Cn1nc2n(c1=O)C(C(=O)O)CC2. The first-order chi connectivity index (χ1) is 6.11. The van der Waals surface area contributed by atoms with Crippen LogP contribution in [0.5, 0.6) is 0 Å². The summed E-state index contributed by atoms with van der Waals surface area (Å²) >= 11 is 0. The van der Waals surface area contributed by atoms with Crippen molar-refractivity contribution in [3.8, 4) is 0 Å². The first-order valence-electron chi connectivity index (χ1n) is 3.98. The van der Waals surface area contributed by atoms with E-state index in [9.17, 15) is 9.59 Å². The van der Waals surface area contributed by atoms with Crippen molar-refractivity contribution in [2.75, 3.05) is 0 Å². The highest BCUT2D eigenvalue weighted by Crippen LogP contribution is 2.21. The van der Waals surface area contributed by atoms with Gasteiger partial charge in [-0.1, -0.05) is 0 Å². The van der Waals surface area contributed by atoms with Crippen LogP contribution in [0.3, 0.4) is 0 Å². The molecule has 1 aliphatic rings. The first kappa shape index (κ1) is 8.03. The van der Waals surface area contributed by atoms with Crippen LogP contribution in [0.1, 0.15) is 18.3 Å². The summed E-state index contributed by atoms with van der Waals surface area (Å²) in [5.41, 5.74) is -0.347. The van der Waals surface area contributed by atoms with Crippen molar-refractivity contribution >= 4 is 5.97 Å². The third-order valence-corrected chi connectivity index (χ3v) is 2.26. The van der Waals surface area contributed by atoms with Gasteiger partial charge in [0.25, 0.3) is 0 Å². The molecule has 0 aliphatic carbocycles. The molecule has 1 aromatic rings. The minimum atomic E-state index is -0.964. The van der Waals surface area contributed by atoms with E-state index in [4.69, 9.17) is 5.11 Å². The van der Waals surface area contributed by atoms with Crippen LogP contribution < -0.4 is 5.69 Å². The molecular formula is C7H9N3O3. The Balaban J connectivity index is 2.58. The van der Waals surface area contributed by atoms with E-state index in [2.05, 4.69) is 5.10 Å². The molecule has 6 nitrogen and oxygen atoms in total. The van der Waals surface area contributed by atoms with E-state index in [1.54, 1.807) is 0 Å². The maximum Gasteiger partial charge on any atom is 0.346 e. The molecule has 1 atom stereocenters. The van der Waals surface area contributed by atoms with Crippen molar-refractivity contribution in [1.29, 1.82) is 0 Å². The molecule has 1 N–H and O–H groups in total. The number of rotatable bonds is 1. The third-order valence-electron chi connectivity index (χ3n) is 2.26. The average molecular weight is 183 g/mol. The molecule has 70 valence electrons. The highest BCUT2D eigenvalue weighted by atomic mass is 16.4. The van der Waals surface area contributed by atoms with E-state index in [0.717, 1.165) is 0 Å². The Morgan fingerprint density at radius 3 is 3.00 bits per heavy atom. The topological polar surface area (TPSA) is 77.1 Å². The second kappa shape index (κ2) is 2.45. The zero-order valence-electron chi connectivity index (χ0n) is 7.10. The maximum atomic E-state index is 11.4. The average Bonchev–Trinajstić information content (AvgIpc) is 2.55. The van der Waals surface area contributed by atoms with Crippen molar-refractivity contribution in [1.82, 2.24) is 14.3 Å². The second-order valence-corrected chi connectivity index (χ2v) is 3.09. The molecule has 1 aliphatic heterocycles. The summed E-state index contributed by atoms with van der Waals surface area (Å²) in [6, 6.07) is -0.726. The minimum absolute atomic E-state index is 0.347. The number of carbonyl (C=O) groups is 1. The van der Waals surface area contributed by atoms with E-state index in [1.165, 1.54) is 16.3 Å². The number of hydrogen-bond donors (Lipinski definition) is 1. The number of nitrogens with zero attached hydrogens (tertiary/aromatic N) is 3. The van der Waals surface area contributed by atoms with Crippen LogP contribution in [0.2, 0.25) is 0 Å². The zero-order valence-corrected chi connectivity index (χ0v) is 7.10. The Morgan fingerprint density at radius 1 is 1.69 bits per heavy atom. The van der Waals surface area contributed by atoms with Gasteiger partial charge in [0.15, 0.2) is 0 Å². The molecular weight excluding hydrogens is 174 g/mol. The number of aryl methyl sites for hydroxylation is 2. The molecule has 0 aromatic carbocycles. The standard InChI is InChI=1S/C7H9N3O3/c1-9-7(13)10-4(6(11)12)2-3-5(10)8-9/h4H,2-3H2,1H3,(H,11,12). The fraction of sp³-hybridized carbons (Fsp3) is 0.571. The number of aromatic nitrogens is 3. The van der Waals surface area contributed by atoms with Crippen LogP contribution in [-0.4, -0.2) is 25.4 Å². The van der Waals surface area contributed by atoms with Crippen LogP contribution in [0, 0.1) is 0 Å². The largest absolute Gasteiger partial charge is 0.480 e. The van der Waals surface area contributed by atoms with Gasteiger partial charge in [0, 0.05) is 13.5 Å². The molecule has 1 aromatic heterocycles. The van der Waals surface area contributed by atoms with Crippen LogP contribution in [0.25, 0.3) is 0 Å². The van der Waals surface area contributed by atoms with Crippen molar-refractivity contribution in [3.05, 3.63) is 16.3 Å². The van der Waals surface area contributed by atoms with Crippen molar-refractivity contribution in [2.24, 2.45) is 7.05 Å². The molecule has 13 heavy (non-hydrogen) atoms. The maximum absolute atomic E-state index is 11.4. The fourth-order valence-corrected chi connectivity index (χ4v) is 1.64. The molecule has 0 fully saturated rings. The Morgan fingerprint density at radius 2 is 2.38 bits per heavy atom. The van der Waals surface area contributed by atoms with Gasteiger partial charge in [-0.25, -0.2) is 14.3 Å². The van der Waals surface area contributed by atoms with E-state index >= 15 is 0 Å². The summed E-state index contributed by atoms with van der Waals surface area (Å²) in [6.07, 6.45) is 1.03. The quantitative estimate of drug-likeness (QED) is 0.615. The summed E-state index contributed by atoms with van der Waals surface area (Å²) in [5, 5.41) is 12.7. The lowest BCUT2D eigenvalue weighted by molar-refractivity contribution is -0.140. The van der Waals surface area contributed by atoms with Crippen molar-refractivity contribution < 1.29 is 9.90 Å². The molecule has 0 bridgehead atoms. The summed E-state index contributed by atoms with van der Waals surface area (Å²) in [6.45, 7) is 0. The van der Waals surface area contributed by atoms with Gasteiger partial charge in [0.05, 0.1) is 0 Å². The van der Waals surface area contributed by atoms with Crippen LogP contribution in [-0.2, 0) is 18.3 Å². The van der Waals surface area contributed by atoms with E-state index in [-0.39, 0.29) is 5.69 Å². The normalized spacial score (nSPS) is 20.2. The second-order valence-electron chi connectivity index (χ2n) is 3.09. The summed E-state index contributed by atoms with van der Waals surface area (Å²) in [5.74, 6) is -0.395. The van der Waals surface area contributed by atoms with E-state index in [1.807, 2.05) is 0 Å². The van der Waals surface area contributed by atoms with Gasteiger partial charge in [0.2, 0.25) is 0 Å². The molecule has 0 radical (unpaired) electrons. The molecule has 2 heterocycles. The molecule has 1 unspecified atom stereocenters. The highest BCUT2D eigenvalue weighted by Gasteiger charge is 2.31. The van der Waals surface area contributed by atoms with Gasteiger partial charge < -0.3 is 5.11 Å². The zero-order chi connectivity index (χ0) is 9.59. The number of carboxylic acid groups (broad SMARTS) is 1. The van der Waals surface area contributed by atoms with Gasteiger partial charge >= 0.3 is 11.7 Å². The molecule has 6 heteroatoms. The minimum Gasteiger partial charge on any atom is -0.480 e. The Labute approximate surface area is 73.4 Å². The first-order valence-corrected chi connectivity index (χ1v) is 3.98. The van der Waals surface area contributed by atoms with E-state index < -0.39 is 12.0 Å². The summed E-state index contributed by atoms with van der Waals surface area (Å²) < 4.78 is 2.42. The highest BCUT2D eigenvalue weighted by molar-refractivity contribution is 5.72. The number of aliphatic carboxylic acids is 1. The van der Waals surface area contributed by atoms with Crippen LogP contribution in [0.4, 0.5) is 0 Å². The summed E-state index contributed by atoms with van der Waals surface area (Å²) in [7, 11) is 1.52. The van der Waals surface area contributed by atoms with Gasteiger partial charge in [-0.05, 0) is 6.42 Å². The van der Waals surface area contributed by atoms with Gasteiger partial charge in [-0.15, -0.1) is 0 Å². The lowest BCUT2D eigenvalue weighted by Gasteiger charge is -2.03. The van der Waals surface area contributed by atoms with Gasteiger partial charge in [-0.2, -0.15) is 5.10 Å². The lowest BCUT2D eigenvalue weighted by Crippen LogP contribution is -2.28. The molecule has 0 saturated carbocycles.